The predicted octanol–water partition coefficient (Wildman–Crippen LogP) is 2.06. The van der Waals surface area contributed by atoms with Gasteiger partial charge in [0.15, 0.2) is 0 Å². The summed E-state index contributed by atoms with van der Waals surface area (Å²) in [4.78, 5) is 0. The molecule has 1 atom stereocenters. The van der Waals surface area contributed by atoms with Crippen LogP contribution in [-0.2, 0) is 0 Å². The molecule has 0 aliphatic carbocycles. The van der Waals surface area contributed by atoms with Gasteiger partial charge in [0.1, 0.15) is 5.76 Å². The summed E-state index contributed by atoms with van der Waals surface area (Å²) in [6.45, 7) is 6.15. The number of nitrogens with one attached hydrogen (secondary N) is 1. The van der Waals surface area contributed by atoms with E-state index in [-0.39, 0.29) is 0 Å². The molecule has 0 bridgehead atoms. The lowest BCUT2D eigenvalue weighted by atomic mass is 10.1. The lowest BCUT2D eigenvalue weighted by Gasteiger charge is -2.29. The highest BCUT2D eigenvalue weighted by molar-refractivity contribution is 8.00. The first-order valence-corrected chi connectivity index (χ1v) is 6.10. The molecule has 78 valence electrons. The molecule has 1 aliphatic rings. The van der Waals surface area contributed by atoms with E-state index in [4.69, 9.17) is 4.52 Å². The molecule has 3 nitrogen and oxygen atoms in total. The van der Waals surface area contributed by atoms with E-state index >= 15 is 0 Å². The Bertz CT molecular complexity index is 300. The third-order valence-corrected chi connectivity index (χ3v) is 3.92. The Morgan fingerprint density at radius 3 is 2.64 bits per heavy atom. The Kier molecular flexibility index (Phi) is 2.83. The van der Waals surface area contributed by atoms with Gasteiger partial charge >= 0.3 is 0 Å². The zero-order chi connectivity index (χ0) is 10.1. The van der Waals surface area contributed by atoms with Gasteiger partial charge in [0.2, 0.25) is 0 Å². The van der Waals surface area contributed by atoms with Gasteiger partial charge in [-0.3, -0.25) is 0 Å². The summed E-state index contributed by atoms with van der Waals surface area (Å²) >= 11 is 1.99. The molecule has 0 saturated carbocycles. The minimum absolute atomic E-state index is 0.354. The first-order chi connectivity index (χ1) is 6.68. The summed E-state index contributed by atoms with van der Waals surface area (Å²) in [7, 11) is 0. The summed E-state index contributed by atoms with van der Waals surface area (Å²) in [5.41, 5.74) is 2.23. The van der Waals surface area contributed by atoms with Crippen molar-refractivity contribution in [3.05, 3.63) is 17.0 Å². The van der Waals surface area contributed by atoms with Gasteiger partial charge in [-0.05, 0) is 20.8 Å². The van der Waals surface area contributed by atoms with E-state index in [0.717, 1.165) is 11.5 Å². The van der Waals surface area contributed by atoms with Crippen LogP contribution < -0.4 is 5.32 Å². The number of nitrogens with zero attached hydrogens (tertiary/aromatic N) is 1. The van der Waals surface area contributed by atoms with Gasteiger partial charge in [0.25, 0.3) is 0 Å². The molecule has 0 spiro atoms. The molecule has 1 aliphatic heterocycles. The smallest absolute Gasteiger partial charge is 0.138 e. The Morgan fingerprint density at radius 1 is 1.50 bits per heavy atom. The summed E-state index contributed by atoms with van der Waals surface area (Å²) in [5, 5.41) is 7.55. The van der Waals surface area contributed by atoms with E-state index in [1.54, 1.807) is 0 Å². The zero-order valence-corrected chi connectivity index (χ0v) is 9.65. The summed E-state index contributed by atoms with van der Waals surface area (Å²) < 4.78 is 5.15. The quantitative estimate of drug-likeness (QED) is 0.832. The number of aromatic nitrogens is 1. The van der Waals surface area contributed by atoms with E-state index in [1.807, 2.05) is 25.6 Å². The Labute approximate surface area is 88.6 Å². The summed E-state index contributed by atoms with van der Waals surface area (Å²) in [6, 6.07) is 1.02. The lowest BCUT2D eigenvalue weighted by molar-refractivity contribution is 0.389. The molecule has 1 N–H and O–H groups in total. The number of aryl methyl sites for hydroxylation is 2. The van der Waals surface area contributed by atoms with Crippen LogP contribution in [0.4, 0.5) is 0 Å². The van der Waals surface area contributed by atoms with Gasteiger partial charge < -0.3 is 9.84 Å². The Hall–Kier alpha value is -0.480. The number of hydrogen-bond acceptors (Lipinski definition) is 4. The first-order valence-electron chi connectivity index (χ1n) is 4.95. The molecule has 14 heavy (non-hydrogen) atoms. The van der Waals surface area contributed by atoms with Gasteiger partial charge in [-0.15, -0.1) is 0 Å². The van der Waals surface area contributed by atoms with Crippen molar-refractivity contribution in [3.63, 3.8) is 0 Å². The lowest BCUT2D eigenvalue weighted by Crippen LogP contribution is -2.41. The number of hydrogen-bond donors (Lipinski definition) is 1. The normalized spacial score (nSPS) is 19.4. The van der Waals surface area contributed by atoms with E-state index in [1.165, 1.54) is 17.1 Å². The maximum atomic E-state index is 5.15. The maximum Gasteiger partial charge on any atom is 0.138 e. The highest BCUT2D eigenvalue weighted by Gasteiger charge is 2.23. The molecule has 1 saturated heterocycles. The minimum Gasteiger partial charge on any atom is -0.361 e. The molecule has 0 aromatic carbocycles. The number of thioether (sulfide) groups is 1. The highest BCUT2D eigenvalue weighted by Crippen LogP contribution is 2.25. The van der Waals surface area contributed by atoms with Crippen LogP contribution in [0.1, 0.15) is 30.0 Å². The van der Waals surface area contributed by atoms with Gasteiger partial charge in [-0.25, -0.2) is 0 Å². The van der Waals surface area contributed by atoms with Gasteiger partial charge in [0.05, 0.1) is 5.69 Å². The fraction of sp³-hybridized carbons (Fsp3) is 0.700. The van der Waals surface area contributed by atoms with E-state index in [2.05, 4.69) is 17.4 Å². The highest BCUT2D eigenvalue weighted by atomic mass is 32.2. The second-order valence-electron chi connectivity index (χ2n) is 3.86. The van der Waals surface area contributed by atoms with Crippen LogP contribution >= 0.6 is 11.8 Å². The molecule has 2 heterocycles. The Morgan fingerprint density at radius 2 is 2.21 bits per heavy atom. The van der Waals surface area contributed by atoms with Gasteiger partial charge in [-0.2, -0.15) is 11.8 Å². The fourth-order valence-electron chi connectivity index (χ4n) is 1.88. The van der Waals surface area contributed by atoms with Crippen molar-refractivity contribution in [2.24, 2.45) is 0 Å². The van der Waals surface area contributed by atoms with Crippen molar-refractivity contribution in [2.75, 3.05) is 11.5 Å². The van der Waals surface area contributed by atoms with Crippen LogP contribution in [0.3, 0.4) is 0 Å². The van der Waals surface area contributed by atoms with Crippen molar-refractivity contribution in [3.8, 4) is 0 Å². The molecule has 1 aromatic heterocycles. The van der Waals surface area contributed by atoms with Crippen LogP contribution in [0.15, 0.2) is 4.52 Å². The third kappa shape index (κ3) is 1.81. The second-order valence-corrected chi connectivity index (χ2v) is 4.94. The molecule has 1 aromatic rings. The van der Waals surface area contributed by atoms with Crippen LogP contribution in [0.5, 0.6) is 0 Å². The molecule has 2 rings (SSSR count). The van der Waals surface area contributed by atoms with Crippen molar-refractivity contribution in [1.82, 2.24) is 10.5 Å². The number of rotatable bonds is 3. The third-order valence-electron chi connectivity index (χ3n) is 2.65. The van der Waals surface area contributed by atoms with Crippen LogP contribution in [-0.4, -0.2) is 22.7 Å². The van der Waals surface area contributed by atoms with Crippen LogP contribution in [0.2, 0.25) is 0 Å². The largest absolute Gasteiger partial charge is 0.361 e. The molecule has 1 unspecified atom stereocenters. The van der Waals surface area contributed by atoms with Gasteiger partial charge in [-0.1, -0.05) is 5.16 Å². The molecular formula is C10H16N2OS. The molecular weight excluding hydrogens is 196 g/mol. The zero-order valence-electron chi connectivity index (χ0n) is 8.83. The van der Waals surface area contributed by atoms with E-state index in [9.17, 15) is 0 Å². The van der Waals surface area contributed by atoms with Gasteiger partial charge in [0, 0.05) is 29.2 Å². The molecule has 0 radical (unpaired) electrons. The SMILES string of the molecule is Cc1noc(C)c1C(C)NC1CSC1. The summed E-state index contributed by atoms with van der Waals surface area (Å²) in [6.07, 6.45) is 0. The second kappa shape index (κ2) is 3.95. The molecule has 0 amide bonds. The molecule has 4 heteroatoms. The maximum absolute atomic E-state index is 5.15. The van der Waals surface area contributed by atoms with Crippen molar-refractivity contribution < 1.29 is 4.52 Å². The minimum atomic E-state index is 0.354. The topological polar surface area (TPSA) is 38.1 Å². The first kappa shape index (κ1) is 10.1. The van der Waals surface area contributed by atoms with Crippen molar-refractivity contribution in [1.29, 1.82) is 0 Å². The van der Waals surface area contributed by atoms with Crippen LogP contribution in [0.25, 0.3) is 0 Å². The average Bonchev–Trinajstić information content (AvgIpc) is 2.39. The average molecular weight is 212 g/mol. The Balaban J connectivity index is 2.05. The van der Waals surface area contributed by atoms with Crippen molar-refractivity contribution >= 4 is 11.8 Å². The standard InChI is InChI=1S/C10H16N2OS/c1-6(11-9-4-14-5-9)10-7(2)12-13-8(10)3/h6,9,11H,4-5H2,1-3H3. The van der Waals surface area contributed by atoms with E-state index in [0.29, 0.717) is 12.1 Å². The van der Waals surface area contributed by atoms with E-state index < -0.39 is 0 Å². The predicted molar refractivity (Wildman–Crippen MR) is 58.6 cm³/mol. The van der Waals surface area contributed by atoms with Crippen molar-refractivity contribution in [2.45, 2.75) is 32.9 Å². The molecule has 1 fully saturated rings. The summed E-state index contributed by atoms with van der Waals surface area (Å²) in [5.74, 6) is 3.40. The fourth-order valence-corrected chi connectivity index (χ4v) is 2.54. The van der Waals surface area contributed by atoms with Crippen LogP contribution in [0, 0.1) is 13.8 Å². The monoisotopic (exact) mass is 212 g/mol.